The minimum Gasteiger partial charge on any atom is -0.313 e. The lowest BCUT2D eigenvalue weighted by atomic mass is 10.1. The first-order valence-electron chi connectivity index (χ1n) is 6.76. The van der Waals surface area contributed by atoms with E-state index >= 15 is 0 Å². The van der Waals surface area contributed by atoms with E-state index in [2.05, 4.69) is 5.32 Å². The first-order valence-corrected chi connectivity index (χ1v) is 8.20. The summed E-state index contributed by atoms with van der Waals surface area (Å²) in [6.45, 7) is 4.63. The predicted octanol–water partition coefficient (Wildman–Crippen LogP) is 2.14. The normalized spacial score (nSPS) is 22.6. The van der Waals surface area contributed by atoms with Gasteiger partial charge in [0.1, 0.15) is 0 Å². The molecule has 2 atom stereocenters. The molecule has 1 saturated heterocycles. The molecule has 0 radical (unpaired) electrons. The van der Waals surface area contributed by atoms with Crippen LogP contribution < -0.4 is 5.32 Å². The van der Waals surface area contributed by atoms with Crippen LogP contribution in [0.25, 0.3) is 0 Å². The molecule has 19 heavy (non-hydrogen) atoms. The molecule has 4 nitrogen and oxygen atoms in total. The summed E-state index contributed by atoms with van der Waals surface area (Å²) >= 11 is 0. The fourth-order valence-electron chi connectivity index (χ4n) is 2.51. The maximum atomic E-state index is 12.6. The van der Waals surface area contributed by atoms with Crippen molar-refractivity contribution < 1.29 is 8.42 Å². The second kappa shape index (κ2) is 5.61. The molecule has 2 rings (SSSR count). The van der Waals surface area contributed by atoms with E-state index in [9.17, 15) is 8.42 Å². The van der Waals surface area contributed by atoms with Crippen LogP contribution in [0.1, 0.15) is 38.3 Å². The smallest absolute Gasteiger partial charge is 0.243 e. The van der Waals surface area contributed by atoms with Crippen LogP contribution in [-0.4, -0.2) is 32.4 Å². The zero-order valence-corrected chi connectivity index (χ0v) is 12.6. The number of benzene rings is 1. The molecule has 1 N–H and O–H groups in total. The lowest BCUT2D eigenvalue weighted by molar-refractivity contribution is 0.408. The minimum absolute atomic E-state index is 0.107. The molecular formula is C14H22N2O2S. The van der Waals surface area contributed by atoms with Gasteiger partial charge in [-0.2, -0.15) is 4.31 Å². The maximum Gasteiger partial charge on any atom is 0.243 e. The highest BCUT2D eigenvalue weighted by Gasteiger charge is 2.32. The first-order chi connectivity index (χ1) is 8.96. The molecule has 1 aliphatic rings. The summed E-state index contributed by atoms with van der Waals surface area (Å²) in [6.07, 6.45) is 1.90. The van der Waals surface area contributed by atoms with Gasteiger partial charge in [0.25, 0.3) is 0 Å². The summed E-state index contributed by atoms with van der Waals surface area (Å²) in [5, 5.41) is 3.13. The van der Waals surface area contributed by atoms with Crippen LogP contribution in [0.3, 0.4) is 0 Å². The van der Waals surface area contributed by atoms with Gasteiger partial charge in [0.2, 0.25) is 10.0 Å². The number of sulfonamides is 1. The summed E-state index contributed by atoms with van der Waals surface area (Å²) in [5.41, 5.74) is 0.996. The highest BCUT2D eigenvalue weighted by atomic mass is 32.2. The van der Waals surface area contributed by atoms with Crippen molar-refractivity contribution in [1.82, 2.24) is 9.62 Å². The van der Waals surface area contributed by atoms with Crippen molar-refractivity contribution in [2.45, 2.75) is 43.7 Å². The zero-order valence-electron chi connectivity index (χ0n) is 11.8. The van der Waals surface area contributed by atoms with Gasteiger partial charge in [-0.3, -0.25) is 0 Å². The van der Waals surface area contributed by atoms with E-state index in [1.54, 1.807) is 16.4 Å². The first kappa shape index (κ1) is 14.5. The largest absolute Gasteiger partial charge is 0.313 e. The summed E-state index contributed by atoms with van der Waals surface area (Å²) < 4.78 is 26.8. The SMILES string of the molecule is CNC(C)c1cccc(S(=O)(=O)N2CCCC2C)c1. The van der Waals surface area contributed by atoms with E-state index in [-0.39, 0.29) is 12.1 Å². The van der Waals surface area contributed by atoms with E-state index in [1.165, 1.54) is 0 Å². The summed E-state index contributed by atoms with van der Waals surface area (Å²) in [4.78, 5) is 0.404. The van der Waals surface area contributed by atoms with E-state index in [4.69, 9.17) is 0 Å². The van der Waals surface area contributed by atoms with Gasteiger partial charge >= 0.3 is 0 Å². The predicted molar refractivity (Wildman–Crippen MR) is 76.5 cm³/mol. The van der Waals surface area contributed by atoms with Crippen molar-refractivity contribution in [3.63, 3.8) is 0 Å². The molecule has 5 heteroatoms. The minimum atomic E-state index is -3.35. The molecule has 1 aliphatic heterocycles. The summed E-state index contributed by atoms with van der Waals surface area (Å²) in [7, 11) is -1.48. The van der Waals surface area contributed by atoms with Gasteiger partial charge in [-0.25, -0.2) is 8.42 Å². The molecule has 0 spiro atoms. The van der Waals surface area contributed by atoms with Gasteiger partial charge in [0.15, 0.2) is 0 Å². The summed E-state index contributed by atoms with van der Waals surface area (Å²) in [5.74, 6) is 0. The molecule has 1 heterocycles. The topological polar surface area (TPSA) is 49.4 Å². The third kappa shape index (κ3) is 2.83. The van der Waals surface area contributed by atoms with Gasteiger partial charge in [0, 0.05) is 18.6 Å². The Labute approximate surface area is 115 Å². The second-order valence-electron chi connectivity index (χ2n) is 5.19. The Morgan fingerprint density at radius 1 is 1.42 bits per heavy atom. The Bertz CT molecular complexity index is 542. The van der Waals surface area contributed by atoms with E-state index < -0.39 is 10.0 Å². The average Bonchev–Trinajstić information content (AvgIpc) is 2.85. The fourth-order valence-corrected chi connectivity index (χ4v) is 4.27. The molecule has 1 aromatic carbocycles. The van der Waals surface area contributed by atoms with Crippen LogP contribution in [0.2, 0.25) is 0 Å². The lowest BCUT2D eigenvalue weighted by Gasteiger charge is -2.21. The Morgan fingerprint density at radius 2 is 2.16 bits per heavy atom. The number of nitrogens with one attached hydrogen (secondary N) is 1. The third-order valence-electron chi connectivity index (χ3n) is 3.89. The molecule has 0 aromatic heterocycles. The van der Waals surface area contributed by atoms with Crippen molar-refractivity contribution in [3.8, 4) is 0 Å². The number of nitrogens with zero attached hydrogens (tertiary/aromatic N) is 1. The summed E-state index contributed by atoms with van der Waals surface area (Å²) in [6, 6.07) is 7.49. The highest BCUT2D eigenvalue weighted by molar-refractivity contribution is 7.89. The monoisotopic (exact) mass is 282 g/mol. The maximum absolute atomic E-state index is 12.6. The van der Waals surface area contributed by atoms with Crippen LogP contribution in [0.15, 0.2) is 29.2 Å². The number of rotatable bonds is 4. The van der Waals surface area contributed by atoms with Gasteiger partial charge in [-0.1, -0.05) is 12.1 Å². The number of hydrogen-bond donors (Lipinski definition) is 1. The van der Waals surface area contributed by atoms with Crippen LogP contribution >= 0.6 is 0 Å². The van der Waals surface area contributed by atoms with Gasteiger partial charge in [-0.15, -0.1) is 0 Å². The van der Waals surface area contributed by atoms with Crippen molar-refractivity contribution in [3.05, 3.63) is 29.8 Å². The molecule has 2 unspecified atom stereocenters. The van der Waals surface area contributed by atoms with Crippen molar-refractivity contribution in [2.75, 3.05) is 13.6 Å². The molecule has 0 aliphatic carbocycles. The van der Waals surface area contributed by atoms with Gasteiger partial charge < -0.3 is 5.32 Å². The standard InChI is InChI=1S/C14H22N2O2S/c1-11-6-5-9-16(11)19(17,18)14-8-4-7-13(10-14)12(2)15-3/h4,7-8,10-12,15H,5-6,9H2,1-3H3. The van der Waals surface area contributed by atoms with Crippen LogP contribution in [0, 0.1) is 0 Å². The van der Waals surface area contributed by atoms with Gasteiger partial charge in [-0.05, 0) is 51.4 Å². The van der Waals surface area contributed by atoms with E-state index in [0.29, 0.717) is 11.4 Å². The number of hydrogen-bond acceptors (Lipinski definition) is 3. The molecule has 0 bridgehead atoms. The second-order valence-corrected chi connectivity index (χ2v) is 7.08. The molecule has 1 aromatic rings. The quantitative estimate of drug-likeness (QED) is 0.920. The highest BCUT2D eigenvalue weighted by Crippen LogP contribution is 2.27. The molecular weight excluding hydrogens is 260 g/mol. The molecule has 1 fully saturated rings. The van der Waals surface area contributed by atoms with Crippen molar-refractivity contribution >= 4 is 10.0 Å². The Kier molecular flexibility index (Phi) is 4.28. The molecule has 0 amide bonds. The Balaban J connectivity index is 2.35. The van der Waals surface area contributed by atoms with E-state index in [1.807, 2.05) is 33.0 Å². The van der Waals surface area contributed by atoms with Crippen LogP contribution in [0.5, 0.6) is 0 Å². The van der Waals surface area contributed by atoms with E-state index in [0.717, 1.165) is 18.4 Å². The van der Waals surface area contributed by atoms with Crippen molar-refractivity contribution in [2.24, 2.45) is 0 Å². The van der Waals surface area contributed by atoms with Crippen molar-refractivity contribution in [1.29, 1.82) is 0 Å². The zero-order chi connectivity index (χ0) is 14.0. The third-order valence-corrected chi connectivity index (χ3v) is 5.90. The van der Waals surface area contributed by atoms with Crippen LogP contribution in [0.4, 0.5) is 0 Å². The van der Waals surface area contributed by atoms with Gasteiger partial charge in [0.05, 0.1) is 4.90 Å². The Hall–Kier alpha value is -0.910. The molecule has 0 saturated carbocycles. The molecule has 106 valence electrons. The fraction of sp³-hybridized carbons (Fsp3) is 0.571. The lowest BCUT2D eigenvalue weighted by Crippen LogP contribution is -2.33. The Morgan fingerprint density at radius 3 is 2.74 bits per heavy atom. The van der Waals surface area contributed by atoms with Crippen LogP contribution in [-0.2, 0) is 10.0 Å². The average molecular weight is 282 g/mol.